The molecule has 0 unspecified atom stereocenters. The first-order chi connectivity index (χ1) is 9.75. The van der Waals surface area contributed by atoms with Crippen molar-refractivity contribution in [2.75, 3.05) is 18.0 Å². The number of anilines is 1. The van der Waals surface area contributed by atoms with Gasteiger partial charge in [0.05, 0.1) is 0 Å². The summed E-state index contributed by atoms with van der Waals surface area (Å²) in [7, 11) is 0. The Morgan fingerprint density at radius 2 is 1.75 bits per heavy atom. The highest BCUT2D eigenvalue weighted by Gasteiger charge is 2.17. The van der Waals surface area contributed by atoms with Gasteiger partial charge >= 0.3 is 0 Å². The lowest BCUT2D eigenvalue weighted by Gasteiger charge is -2.19. The van der Waals surface area contributed by atoms with E-state index in [1.165, 1.54) is 12.8 Å². The van der Waals surface area contributed by atoms with Crippen molar-refractivity contribution in [3.8, 4) is 0 Å². The van der Waals surface area contributed by atoms with Crippen LogP contribution in [0, 0.1) is 6.92 Å². The van der Waals surface area contributed by atoms with Crippen molar-refractivity contribution >= 4 is 5.82 Å². The van der Waals surface area contributed by atoms with Gasteiger partial charge in [-0.3, -0.25) is 0 Å². The van der Waals surface area contributed by atoms with Crippen molar-refractivity contribution in [1.29, 1.82) is 0 Å². The Morgan fingerprint density at radius 3 is 2.40 bits per heavy atom. The van der Waals surface area contributed by atoms with Gasteiger partial charge in [-0.15, -0.1) is 0 Å². The number of aromatic nitrogens is 1. The molecule has 1 saturated heterocycles. The first-order valence-corrected chi connectivity index (χ1v) is 7.21. The largest absolute Gasteiger partial charge is 0.384 e. The molecule has 0 amide bonds. The number of hydrogen-bond acceptors (Lipinski definition) is 3. The highest BCUT2D eigenvalue weighted by molar-refractivity contribution is 5.44. The molecule has 1 aliphatic rings. The van der Waals surface area contributed by atoms with E-state index in [2.05, 4.69) is 9.88 Å². The van der Waals surface area contributed by atoms with E-state index in [-0.39, 0.29) is 0 Å². The summed E-state index contributed by atoms with van der Waals surface area (Å²) >= 11 is 0. The predicted molar refractivity (Wildman–Crippen MR) is 80.9 cm³/mol. The Balaban J connectivity index is 1.87. The molecule has 0 radical (unpaired) electrons. The fourth-order valence-electron chi connectivity index (χ4n) is 2.78. The minimum Gasteiger partial charge on any atom is -0.384 e. The molecule has 3 rings (SSSR count). The van der Waals surface area contributed by atoms with Gasteiger partial charge in [-0.2, -0.15) is 0 Å². The summed E-state index contributed by atoms with van der Waals surface area (Å²) in [6.07, 6.45) is 1.89. The van der Waals surface area contributed by atoms with E-state index < -0.39 is 6.10 Å². The number of aliphatic hydroxyl groups is 1. The maximum atomic E-state index is 10.5. The van der Waals surface area contributed by atoms with Crippen LogP contribution in [0.3, 0.4) is 0 Å². The highest BCUT2D eigenvalue weighted by Crippen LogP contribution is 2.26. The second kappa shape index (κ2) is 5.63. The molecule has 2 aromatic rings. The molecule has 0 saturated carbocycles. The zero-order valence-electron chi connectivity index (χ0n) is 11.8. The molecule has 3 nitrogen and oxygen atoms in total. The molecule has 1 aromatic heterocycles. The first kappa shape index (κ1) is 13.1. The molecule has 0 spiro atoms. The standard InChI is InChI=1S/C17H20N2O/c1-13-15(17(20)14-7-3-2-4-8-14)9-10-16(18-13)19-11-5-6-12-19/h2-4,7-10,17,20H,5-6,11-12H2,1H3/t17-/m1/s1. The van der Waals surface area contributed by atoms with Crippen LogP contribution in [0.1, 0.15) is 35.8 Å². The molecule has 1 aromatic carbocycles. The Kier molecular flexibility index (Phi) is 3.70. The average Bonchev–Trinajstić information content (AvgIpc) is 3.01. The van der Waals surface area contributed by atoms with Crippen LogP contribution in [0.4, 0.5) is 5.82 Å². The molecule has 1 N–H and O–H groups in total. The SMILES string of the molecule is Cc1nc(N2CCCC2)ccc1[C@H](O)c1ccccc1. The average molecular weight is 268 g/mol. The van der Waals surface area contributed by atoms with E-state index in [1.807, 2.05) is 49.4 Å². The molecule has 2 heterocycles. The molecular formula is C17H20N2O. The summed E-state index contributed by atoms with van der Waals surface area (Å²) in [5, 5.41) is 10.5. The third kappa shape index (κ3) is 2.54. The van der Waals surface area contributed by atoms with E-state index in [4.69, 9.17) is 0 Å². The summed E-state index contributed by atoms with van der Waals surface area (Å²) in [5.41, 5.74) is 2.70. The van der Waals surface area contributed by atoms with Crippen LogP contribution in [0.15, 0.2) is 42.5 Å². The topological polar surface area (TPSA) is 36.4 Å². The van der Waals surface area contributed by atoms with E-state index >= 15 is 0 Å². The Bertz CT molecular complexity index is 577. The van der Waals surface area contributed by atoms with Crippen molar-refractivity contribution in [3.63, 3.8) is 0 Å². The van der Waals surface area contributed by atoms with Gasteiger partial charge in [0.2, 0.25) is 0 Å². The number of hydrogen-bond donors (Lipinski definition) is 1. The molecular weight excluding hydrogens is 248 g/mol. The lowest BCUT2D eigenvalue weighted by molar-refractivity contribution is 0.219. The maximum Gasteiger partial charge on any atom is 0.128 e. The van der Waals surface area contributed by atoms with Crippen LogP contribution in [-0.2, 0) is 0 Å². The molecule has 20 heavy (non-hydrogen) atoms. The Labute approximate surface area is 119 Å². The van der Waals surface area contributed by atoms with Crippen LogP contribution in [0.25, 0.3) is 0 Å². The molecule has 104 valence electrons. The normalized spacial score (nSPS) is 16.4. The van der Waals surface area contributed by atoms with Crippen LogP contribution < -0.4 is 4.90 Å². The van der Waals surface area contributed by atoms with E-state index in [0.29, 0.717) is 0 Å². The van der Waals surface area contributed by atoms with Gasteiger partial charge in [-0.25, -0.2) is 4.98 Å². The monoisotopic (exact) mass is 268 g/mol. The minimum atomic E-state index is -0.601. The van der Waals surface area contributed by atoms with Gasteiger partial charge < -0.3 is 10.0 Å². The van der Waals surface area contributed by atoms with Gasteiger partial charge in [0.1, 0.15) is 11.9 Å². The van der Waals surface area contributed by atoms with Crippen molar-refractivity contribution in [3.05, 3.63) is 59.3 Å². The maximum absolute atomic E-state index is 10.5. The molecule has 1 atom stereocenters. The summed E-state index contributed by atoms with van der Waals surface area (Å²) in [6.45, 7) is 4.15. The fraction of sp³-hybridized carbons (Fsp3) is 0.353. The van der Waals surface area contributed by atoms with Crippen LogP contribution >= 0.6 is 0 Å². The summed E-state index contributed by atoms with van der Waals surface area (Å²) < 4.78 is 0. The van der Waals surface area contributed by atoms with Crippen molar-refractivity contribution < 1.29 is 5.11 Å². The first-order valence-electron chi connectivity index (χ1n) is 7.21. The summed E-state index contributed by atoms with van der Waals surface area (Å²) in [5.74, 6) is 1.03. The second-order valence-corrected chi connectivity index (χ2v) is 5.35. The summed E-state index contributed by atoms with van der Waals surface area (Å²) in [4.78, 5) is 6.98. The van der Waals surface area contributed by atoms with E-state index in [9.17, 15) is 5.11 Å². The molecule has 0 aliphatic carbocycles. The Hall–Kier alpha value is -1.87. The van der Waals surface area contributed by atoms with Crippen LogP contribution in [-0.4, -0.2) is 23.2 Å². The predicted octanol–water partition coefficient (Wildman–Crippen LogP) is 3.07. The van der Waals surface area contributed by atoms with E-state index in [0.717, 1.165) is 35.7 Å². The van der Waals surface area contributed by atoms with Crippen molar-refractivity contribution in [1.82, 2.24) is 4.98 Å². The third-order valence-electron chi connectivity index (χ3n) is 3.95. The minimum absolute atomic E-state index is 0.601. The smallest absolute Gasteiger partial charge is 0.128 e. The molecule has 1 fully saturated rings. The third-order valence-corrected chi connectivity index (χ3v) is 3.95. The van der Waals surface area contributed by atoms with Crippen molar-refractivity contribution in [2.45, 2.75) is 25.9 Å². The number of benzene rings is 1. The van der Waals surface area contributed by atoms with Gasteiger partial charge in [0.25, 0.3) is 0 Å². The zero-order valence-corrected chi connectivity index (χ0v) is 11.8. The Morgan fingerprint density at radius 1 is 1.05 bits per heavy atom. The van der Waals surface area contributed by atoms with Gasteiger partial charge in [-0.1, -0.05) is 36.4 Å². The van der Waals surface area contributed by atoms with Gasteiger partial charge in [-0.05, 0) is 31.4 Å². The number of aryl methyl sites for hydroxylation is 1. The fourth-order valence-corrected chi connectivity index (χ4v) is 2.78. The van der Waals surface area contributed by atoms with Crippen LogP contribution in [0.2, 0.25) is 0 Å². The lowest BCUT2D eigenvalue weighted by Crippen LogP contribution is -2.19. The lowest BCUT2D eigenvalue weighted by atomic mass is 10.0. The number of rotatable bonds is 3. The number of pyridine rings is 1. The van der Waals surface area contributed by atoms with Crippen LogP contribution in [0.5, 0.6) is 0 Å². The van der Waals surface area contributed by atoms with Crippen molar-refractivity contribution in [2.24, 2.45) is 0 Å². The van der Waals surface area contributed by atoms with E-state index in [1.54, 1.807) is 0 Å². The summed E-state index contributed by atoms with van der Waals surface area (Å²) in [6, 6.07) is 13.8. The molecule has 1 aliphatic heterocycles. The van der Waals surface area contributed by atoms with Gasteiger partial charge in [0.15, 0.2) is 0 Å². The highest BCUT2D eigenvalue weighted by atomic mass is 16.3. The quantitative estimate of drug-likeness (QED) is 0.929. The van der Waals surface area contributed by atoms with Gasteiger partial charge in [0, 0.05) is 24.3 Å². The zero-order chi connectivity index (χ0) is 13.9. The number of nitrogens with zero attached hydrogens (tertiary/aromatic N) is 2. The second-order valence-electron chi connectivity index (χ2n) is 5.35. The molecule has 0 bridgehead atoms. The molecule has 3 heteroatoms. The number of aliphatic hydroxyl groups excluding tert-OH is 1.